The van der Waals surface area contributed by atoms with Crippen LogP contribution in [-0.4, -0.2) is 46.0 Å². The average Bonchev–Trinajstić information content (AvgIpc) is 1.94. The summed E-state index contributed by atoms with van der Waals surface area (Å²) in [6, 6.07) is 0.726. The van der Waals surface area contributed by atoms with Crippen molar-refractivity contribution < 1.29 is 8.42 Å². The third-order valence-corrected chi connectivity index (χ3v) is 1.83. The number of nitrogens with zero attached hydrogens (tertiary/aromatic N) is 1. The zero-order chi connectivity index (χ0) is 9.56. The summed E-state index contributed by atoms with van der Waals surface area (Å²) in [4.78, 5) is 2.37. The third-order valence-electron chi connectivity index (χ3n) is 1.83. The summed E-state index contributed by atoms with van der Waals surface area (Å²) in [5.41, 5.74) is 0. The smallest absolute Gasteiger partial charge is 0.198 e. The first-order valence-corrected chi connectivity index (χ1v) is 5.08. The summed E-state index contributed by atoms with van der Waals surface area (Å²) in [5, 5.41) is 7.39. The summed E-state index contributed by atoms with van der Waals surface area (Å²) in [7, 11) is -0.448. The first kappa shape index (κ1) is 15.6. The zero-order valence-corrected chi connectivity index (χ0v) is 9.61. The van der Waals surface area contributed by atoms with Gasteiger partial charge in [0.1, 0.15) is 0 Å². The molecule has 82 valence electrons. The number of nitrogens with two attached hydrogens (primary N) is 1. The maximum absolute atomic E-state index is 8.81. The van der Waals surface area contributed by atoms with E-state index in [1.807, 2.05) is 0 Å². The molecule has 0 bridgehead atoms. The van der Waals surface area contributed by atoms with Gasteiger partial charge in [0.05, 0.1) is 0 Å². The number of piperazine rings is 1. The molecule has 0 spiro atoms. The van der Waals surface area contributed by atoms with Gasteiger partial charge in [0.2, 0.25) is 0 Å². The number of halogens is 1. The molecule has 1 rings (SSSR count). The molecule has 0 aromatic rings. The minimum absolute atomic E-state index is 0. The van der Waals surface area contributed by atoms with Crippen LogP contribution in [-0.2, 0) is 10.9 Å². The number of thiol groups is 1. The van der Waals surface area contributed by atoms with Crippen LogP contribution < -0.4 is 10.5 Å². The predicted octanol–water partition coefficient (Wildman–Crippen LogP) is -1.20. The fourth-order valence-corrected chi connectivity index (χ4v) is 0.943. The SMILES string of the molecule is CC1CNCCN1C.Cl.N[SH](=O)=O. The number of rotatable bonds is 0. The molecule has 13 heavy (non-hydrogen) atoms. The Hall–Kier alpha value is 0.120. The Labute approximate surface area is 87.2 Å². The van der Waals surface area contributed by atoms with Crippen LogP contribution in [0.1, 0.15) is 6.92 Å². The Morgan fingerprint density at radius 1 is 1.54 bits per heavy atom. The second-order valence-electron chi connectivity index (χ2n) is 2.82. The monoisotopic (exact) mass is 231 g/mol. The first-order chi connectivity index (χ1) is 5.54. The minimum Gasteiger partial charge on any atom is -0.314 e. The van der Waals surface area contributed by atoms with Crippen molar-refractivity contribution in [3.05, 3.63) is 0 Å². The highest BCUT2D eigenvalue weighted by Crippen LogP contribution is 1.95. The standard InChI is InChI=1S/C6H14N2.ClH.H3NO2S/c1-6-5-7-3-4-8(6)2;;1-4(2)3/h6-7H,3-5H2,1-2H3;1H;4H,(H2,1,2,3). The van der Waals surface area contributed by atoms with E-state index in [0.717, 1.165) is 19.1 Å². The molecule has 0 amide bonds. The molecule has 1 saturated heterocycles. The van der Waals surface area contributed by atoms with E-state index in [-0.39, 0.29) is 12.4 Å². The van der Waals surface area contributed by atoms with Gasteiger partial charge >= 0.3 is 0 Å². The molecule has 3 N–H and O–H groups in total. The molecule has 1 aliphatic rings. The van der Waals surface area contributed by atoms with Crippen LogP contribution in [0.3, 0.4) is 0 Å². The van der Waals surface area contributed by atoms with Crippen molar-refractivity contribution in [3.63, 3.8) is 0 Å². The van der Waals surface area contributed by atoms with Crippen molar-refractivity contribution in [2.45, 2.75) is 13.0 Å². The van der Waals surface area contributed by atoms with Crippen LogP contribution in [0.4, 0.5) is 0 Å². The lowest BCUT2D eigenvalue weighted by atomic mass is 10.2. The van der Waals surface area contributed by atoms with Crippen LogP contribution in [0.5, 0.6) is 0 Å². The molecule has 1 fully saturated rings. The fourth-order valence-electron chi connectivity index (χ4n) is 0.943. The summed E-state index contributed by atoms with van der Waals surface area (Å²) in [6.07, 6.45) is 0. The maximum atomic E-state index is 8.81. The van der Waals surface area contributed by atoms with Gasteiger partial charge in [0.15, 0.2) is 10.9 Å². The van der Waals surface area contributed by atoms with E-state index in [2.05, 4.69) is 29.3 Å². The molecule has 5 nitrogen and oxygen atoms in total. The number of hydrogen-bond donors (Lipinski definition) is 3. The molecule has 0 saturated carbocycles. The molecule has 0 aromatic carbocycles. The summed E-state index contributed by atoms with van der Waals surface area (Å²) in [5.74, 6) is 0. The van der Waals surface area contributed by atoms with Gasteiger partial charge in [-0.2, -0.15) is 0 Å². The van der Waals surface area contributed by atoms with Gasteiger partial charge in [-0.15, -0.1) is 12.4 Å². The van der Waals surface area contributed by atoms with Crippen molar-refractivity contribution >= 4 is 23.3 Å². The average molecular weight is 232 g/mol. The number of likely N-dealkylation sites (N-methyl/N-ethyl adjacent to an activating group) is 1. The molecule has 1 aliphatic heterocycles. The Morgan fingerprint density at radius 2 is 2.00 bits per heavy atom. The number of nitrogens with one attached hydrogen (secondary N) is 1. The van der Waals surface area contributed by atoms with Crippen LogP contribution in [0.2, 0.25) is 0 Å². The van der Waals surface area contributed by atoms with Crippen LogP contribution >= 0.6 is 12.4 Å². The van der Waals surface area contributed by atoms with Gasteiger partial charge in [-0.1, -0.05) is 0 Å². The highest BCUT2D eigenvalue weighted by atomic mass is 35.5. The van der Waals surface area contributed by atoms with E-state index in [4.69, 9.17) is 8.42 Å². The second-order valence-corrected chi connectivity index (χ2v) is 3.39. The van der Waals surface area contributed by atoms with E-state index in [1.165, 1.54) is 6.54 Å². The van der Waals surface area contributed by atoms with Gasteiger partial charge in [0, 0.05) is 25.7 Å². The first-order valence-electron chi connectivity index (χ1n) is 3.84. The maximum Gasteiger partial charge on any atom is 0.198 e. The Morgan fingerprint density at radius 3 is 2.23 bits per heavy atom. The number of hydrogen-bond acceptors (Lipinski definition) is 4. The quantitative estimate of drug-likeness (QED) is 0.458. The van der Waals surface area contributed by atoms with Crippen molar-refractivity contribution in [2.24, 2.45) is 5.14 Å². The fraction of sp³-hybridized carbons (Fsp3) is 1.00. The van der Waals surface area contributed by atoms with E-state index in [9.17, 15) is 0 Å². The molecular formula is C6H18ClN3O2S. The molecule has 1 atom stereocenters. The zero-order valence-electron chi connectivity index (χ0n) is 7.90. The van der Waals surface area contributed by atoms with Crippen molar-refractivity contribution in [3.8, 4) is 0 Å². The van der Waals surface area contributed by atoms with Crippen molar-refractivity contribution in [1.29, 1.82) is 0 Å². The lowest BCUT2D eigenvalue weighted by molar-refractivity contribution is 0.215. The topological polar surface area (TPSA) is 75.4 Å². The van der Waals surface area contributed by atoms with E-state index in [0.29, 0.717) is 0 Å². The molecule has 7 heteroatoms. The van der Waals surface area contributed by atoms with Gasteiger partial charge in [0.25, 0.3) is 0 Å². The van der Waals surface area contributed by atoms with Crippen molar-refractivity contribution in [2.75, 3.05) is 26.7 Å². The lowest BCUT2D eigenvalue weighted by Gasteiger charge is -2.29. The Bertz CT molecular complexity index is 171. The molecular weight excluding hydrogens is 214 g/mol. The lowest BCUT2D eigenvalue weighted by Crippen LogP contribution is -2.47. The molecule has 0 aliphatic carbocycles. The Balaban J connectivity index is 0. The van der Waals surface area contributed by atoms with Gasteiger partial charge in [-0.25, -0.2) is 13.6 Å². The molecule has 1 unspecified atom stereocenters. The Kier molecular flexibility index (Phi) is 10.4. The highest BCUT2D eigenvalue weighted by molar-refractivity contribution is 7.69. The molecule has 0 aromatic heterocycles. The highest BCUT2D eigenvalue weighted by Gasteiger charge is 2.11. The van der Waals surface area contributed by atoms with E-state index in [1.54, 1.807) is 0 Å². The third kappa shape index (κ3) is 10.0. The van der Waals surface area contributed by atoms with Gasteiger partial charge in [-0.3, -0.25) is 0 Å². The molecule has 0 radical (unpaired) electrons. The van der Waals surface area contributed by atoms with Crippen LogP contribution in [0, 0.1) is 0 Å². The molecule has 1 heterocycles. The summed E-state index contributed by atoms with van der Waals surface area (Å²) in [6.45, 7) is 5.74. The minimum atomic E-state index is -2.62. The van der Waals surface area contributed by atoms with E-state index >= 15 is 0 Å². The largest absolute Gasteiger partial charge is 0.314 e. The van der Waals surface area contributed by atoms with Crippen LogP contribution in [0.15, 0.2) is 0 Å². The van der Waals surface area contributed by atoms with Gasteiger partial charge < -0.3 is 10.2 Å². The summed E-state index contributed by atoms with van der Waals surface area (Å²) >= 11 is 0. The second kappa shape index (κ2) is 8.71. The normalized spacial score (nSPS) is 22.9. The van der Waals surface area contributed by atoms with E-state index < -0.39 is 10.9 Å². The predicted molar refractivity (Wildman–Crippen MR) is 56.7 cm³/mol. The van der Waals surface area contributed by atoms with Crippen molar-refractivity contribution in [1.82, 2.24) is 10.2 Å². The summed E-state index contributed by atoms with van der Waals surface area (Å²) < 4.78 is 17.6. The van der Waals surface area contributed by atoms with Crippen LogP contribution in [0.25, 0.3) is 0 Å². The van der Waals surface area contributed by atoms with Gasteiger partial charge in [-0.05, 0) is 14.0 Å².